The van der Waals surface area contributed by atoms with Gasteiger partial charge in [-0.25, -0.2) is 24.0 Å². The summed E-state index contributed by atoms with van der Waals surface area (Å²) < 4.78 is 50.8. The van der Waals surface area contributed by atoms with Gasteiger partial charge in [0.15, 0.2) is 86.6 Å². The number of aromatic hydroxyl groups is 10. The Kier molecular flexibility index (Phi) is 10.7. The number of hydrogen-bond acceptors (Lipinski definition) is 24. The predicted octanol–water partition coefficient (Wildman–Crippen LogP) is 2.98. The topological polar surface area (TPSA) is 379 Å². The number of hydrogen-bond donors (Lipinski definition) is 10. The molecule has 0 amide bonds. The molecule has 1 aliphatic rings. The Morgan fingerprint density at radius 3 is 1.35 bits per heavy atom. The molecule has 4 atom stereocenters. The number of phenolic OH excluding ortho intramolecular Hbond substituents is 10. The average Bonchev–Trinajstić information content (AvgIpc) is 3.27. The van der Waals surface area contributed by atoms with E-state index in [2.05, 4.69) is 0 Å². The number of methoxy groups -OCH3 is 2. The molecule has 24 nitrogen and oxygen atoms in total. The van der Waals surface area contributed by atoms with Crippen LogP contribution < -0.4 is 25.5 Å². The van der Waals surface area contributed by atoms with Gasteiger partial charge in [0.2, 0.25) is 23.9 Å². The molecule has 342 valence electrons. The van der Waals surface area contributed by atoms with Crippen molar-refractivity contribution < 1.29 is 107 Å². The Labute approximate surface area is 363 Å². The molecule has 0 saturated carbocycles. The Hall–Kier alpha value is -9.19. The summed E-state index contributed by atoms with van der Waals surface area (Å²) in [5, 5.41) is 100. The number of carbonyl (C=O) groups is 3. The minimum Gasteiger partial charge on any atom is -0.504 e. The Morgan fingerprint density at radius 1 is 0.515 bits per heavy atom. The SMILES string of the molecule is COc1c(O)cc2c(=O)oc3c(OC)c(O[C@H]4OC[C@H](OC(=O)c5cc(O)c(O)c(O)c5)[C@@H](OC(=O)c5cc(O)c(O)c(O)c5)[C@H]4OC(=O)c4cc(O)c(O)c(O)c4)cc4c(=O)oc1c2c34. The van der Waals surface area contributed by atoms with E-state index in [-0.39, 0.29) is 32.9 Å². The fourth-order valence-electron chi connectivity index (χ4n) is 7.12. The van der Waals surface area contributed by atoms with Crippen molar-refractivity contribution in [3.8, 4) is 74.7 Å². The monoisotopic (exact) mass is 918 g/mol. The number of ether oxygens (including phenoxy) is 7. The highest BCUT2D eigenvalue weighted by Gasteiger charge is 2.50. The molecule has 10 N–H and O–H groups in total. The van der Waals surface area contributed by atoms with Crippen LogP contribution in [0.5, 0.6) is 74.7 Å². The summed E-state index contributed by atoms with van der Waals surface area (Å²) in [4.78, 5) is 68.2. The van der Waals surface area contributed by atoms with Crippen molar-refractivity contribution >= 4 is 50.6 Å². The van der Waals surface area contributed by atoms with Crippen LogP contribution in [-0.4, -0.2) is 114 Å². The van der Waals surface area contributed by atoms with E-state index in [0.717, 1.165) is 19.2 Å². The summed E-state index contributed by atoms with van der Waals surface area (Å²) in [5.74, 6) is -15.2. The molecule has 24 heteroatoms. The smallest absolute Gasteiger partial charge is 0.344 e. The zero-order chi connectivity index (χ0) is 47.6. The molecule has 1 aliphatic heterocycles. The molecule has 1 saturated heterocycles. The van der Waals surface area contributed by atoms with Gasteiger partial charge < -0.3 is 93.1 Å². The highest BCUT2D eigenvalue weighted by atomic mass is 16.7. The van der Waals surface area contributed by atoms with Crippen LogP contribution >= 0.6 is 0 Å². The van der Waals surface area contributed by atoms with Gasteiger partial charge in [-0.15, -0.1) is 0 Å². The summed E-state index contributed by atoms with van der Waals surface area (Å²) in [6.07, 6.45) is -8.39. The molecule has 1 fully saturated rings. The van der Waals surface area contributed by atoms with Crippen LogP contribution in [0.25, 0.3) is 32.7 Å². The summed E-state index contributed by atoms with van der Waals surface area (Å²) in [7, 11) is 2.26. The van der Waals surface area contributed by atoms with E-state index in [1.165, 1.54) is 7.11 Å². The van der Waals surface area contributed by atoms with Gasteiger partial charge in [-0.05, 0) is 48.5 Å². The van der Waals surface area contributed by atoms with Gasteiger partial charge in [0, 0.05) is 10.8 Å². The van der Waals surface area contributed by atoms with Crippen LogP contribution in [0.3, 0.4) is 0 Å². The van der Waals surface area contributed by atoms with Gasteiger partial charge in [0.1, 0.15) is 0 Å². The maximum Gasteiger partial charge on any atom is 0.344 e. The van der Waals surface area contributed by atoms with Crippen molar-refractivity contribution in [1.29, 1.82) is 0 Å². The first-order valence-electron chi connectivity index (χ1n) is 18.6. The van der Waals surface area contributed by atoms with Crippen molar-refractivity contribution in [2.75, 3.05) is 20.8 Å². The minimum atomic E-state index is -2.22. The van der Waals surface area contributed by atoms with Crippen LogP contribution in [0.2, 0.25) is 0 Å². The van der Waals surface area contributed by atoms with E-state index in [1.807, 2.05) is 0 Å². The number of benzene rings is 5. The number of phenols is 10. The summed E-state index contributed by atoms with van der Waals surface area (Å²) in [6, 6.07) is 6.03. The van der Waals surface area contributed by atoms with Crippen LogP contribution in [0.4, 0.5) is 0 Å². The molecular weight excluding hydrogens is 888 g/mol. The molecular formula is C42H30O24. The van der Waals surface area contributed by atoms with E-state index in [9.17, 15) is 75.0 Å². The molecule has 3 heterocycles. The Bertz CT molecular complexity index is 3210. The van der Waals surface area contributed by atoms with Crippen LogP contribution in [-0.2, 0) is 18.9 Å². The second kappa shape index (κ2) is 16.2. The normalized spacial score (nSPS) is 17.1. The molecule has 8 rings (SSSR count). The lowest BCUT2D eigenvalue weighted by atomic mass is 10.0. The Morgan fingerprint density at radius 2 is 0.909 bits per heavy atom. The third-order valence-electron chi connectivity index (χ3n) is 10.2. The van der Waals surface area contributed by atoms with Gasteiger partial charge in [-0.1, -0.05) is 0 Å². The fraction of sp³-hybridized carbons (Fsp3) is 0.167. The molecule has 0 bridgehead atoms. The number of esters is 3. The Balaban J connectivity index is 1.28. The van der Waals surface area contributed by atoms with E-state index in [0.29, 0.717) is 36.4 Å². The van der Waals surface area contributed by atoms with Crippen molar-refractivity contribution in [3.05, 3.63) is 86.1 Å². The first kappa shape index (κ1) is 43.5. The van der Waals surface area contributed by atoms with Gasteiger partial charge in [-0.3, -0.25) is 0 Å². The molecule has 0 spiro atoms. The quantitative estimate of drug-likeness (QED) is 0.0310. The lowest BCUT2D eigenvalue weighted by Crippen LogP contribution is -2.59. The zero-order valence-corrected chi connectivity index (χ0v) is 33.3. The maximum absolute atomic E-state index is 13.9. The largest absolute Gasteiger partial charge is 0.504 e. The van der Waals surface area contributed by atoms with E-state index in [4.69, 9.17) is 42.0 Å². The third kappa shape index (κ3) is 7.26. The van der Waals surface area contributed by atoms with Crippen LogP contribution in [0, 0.1) is 0 Å². The van der Waals surface area contributed by atoms with Crippen LogP contribution in [0.1, 0.15) is 31.1 Å². The number of rotatable bonds is 10. The van der Waals surface area contributed by atoms with Crippen molar-refractivity contribution in [2.24, 2.45) is 0 Å². The maximum atomic E-state index is 13.9. The van der Waals surface area contributed by atoms with Gasteiger partial charge in [0.25, 0.3) is 0 Å². The second-order valence-electron chi connectivity index (χ2n) is 14.2. The highest BCUT2D eigenvalue weighted by Crippen LogP contribution is 2.47. The molecule has 5 aromatic carbocycles. The van der Waals surface area contributed by atoms with Gasteiger partial charge in [0.05, 0.1) is 48.3 Å². The van der Waals surface area contributed by atoms with Gasteiger partial charge >= 0.3 is 29.2 Å². The molecule has 0 radical (unpaired) electrons. The van der Waals surface area contributed by atoms with E-state index < -0.39 is 152 Å². The average molecular weight is 919 g/mol. The molecule has 66 heavy (non-hydrogen) atoms. The molecule has 0 aliphatic carbocycles. The molecule has 0 unspecified atom stereocenters. The number of carbonyl (C=O) groups excluding carboxylic acids is 3. The lowest BCUT2D eigenvalue weighted by molar-refractivity contribution is -0.241. The standard InChI is InChI=1S/C42H30O24/c1-58-31-23(49)9-15-26-27-16(41(57)64-34(26)31)10-24(32(59-2)35(27)65-40(15)56)62-42-36(66-39(55)14-7-21(47)30(52)22(48)8-14)33(63-38(54)13-5-19(45)29(51)20(46)6-13)25(11-60-42)61-37(53)12-3-17(43)28(50)18(44)4-12/h3-10,25,33,36,42-52H,11H2,1-2H3/t25-,33+,36+,42+/m0/s1. The third-order valence-corrected chi connectivity index (χ3v) is 10.2. The van der Waals surface area contributed by atoms with E-state index >= 15 is 0 Å². The van der Waals surface area contributed by atoms with Crippen LogP contribution in [0.15, 0.2) is 67.0 Å². The fourth-order valence-corrected chi connectivity index (χ4v) is 7.12. The summed E-state index contributed by atoms with van der Waals surface area (Å²) in [5.41, 5.74) is -4.89. The lowest BCUT2D eigenvalue weighted by Gasteiger charge is -2.40. The van der Waals surface area contributed by atoms with Gasteiger partial charge in [-0.2, -0.15) is 0 Å². The highest BCUT2D eigenvalue weighted by molar-refractivity contribution is 6.22. The van der Waals surface area contributed by atoms with E-state index in [1.54, 1.807) is 0 Å². The van der Waals surface area contributed by atoms with Crippen molar-refractivity contribution in [3.63, 3.8) is 0 Å². The predicted molar refractivity (Wildman–Crippen MR) is 214 cm³/mol. The van der Waals surface area contributed by atoms with Crippen molar-refractivity contribution in [2.45, 2.75) is 24.6 Å². The minimum absolute atomic E-state index is 0.0466. The van der Waals surface area contributed by atoms with Crippen molar-refractivity contribution in [1.82, 2.24) is 0 Å². The molecule has 7 aromatic rings. The first-order chi connectivity index (χ1) is 31.3. The second-order valence-corrected chi connectivity index (χ2v) is 14.2. The summed E-state index contributed by atoms with van der Waals surface area (Å²) in [6.45, 7) is -0.873. The first-order valence-corrected chi connectivity index (χ1v) is 18.6. The zero-order valence-electron chi connectivity index (χ0n) is 33.3. The summed E-state index contributed by atoms with van der Waals surface area (Å²) >= 11 is 0. The molecule has 2 aromatic heterocycles.